The quantitative estimate of drug-likeness (QED) is 0.545. The third-order valence-corrected chi connectivity index (χ3v) is 8.47. The number of pyridine rings is 1. The minimum absolute atomic E-state index is 0.0108. The molecule has 37 heavy (non-hydrogen) atoms. The van der Waals surface area contributed by atoms with Gasteiger partial charge in [-0.05, 0) is 58.5 Å². The van der Waals surface area contributed by atoms with Crippen LogP contribution in [0.25, 0.3) is 0 Å². The lowest BCUT2D eigenvalue weighted by Gasteiger charge is -2.48. The van der Waals surface area contributed by atoms with Gasteiger partial charge in [-0.1, -0.05) is 6.07 Å². The molecule has 10 nitrogen and oxygen atoms in total. The van der Waals surface area contributed by atoms with Gasteiger partial charge in [-0.2, -0.15) is 0 Å². The largest absolute Gasteiger partial charge is 0.503 e. The number of phenols is 1. The highest BCUT2D eigenvalue weighted by Gasteiger charge is 2.56. The number of phenolic OH excluding ortho intramolecular Hbond substituents is 1. The van der Waals surface area contributed by atoms with Crippen molar-refractivity contribution in [2.75, 3.05) is 40.8 Å². The van der Waals surface area contributed by atoms with Gasteiger partial charge >= 0.3 is 6.03 Å². The van der Waals surface area contributed by atoms with E-state index in [4.69, 9.17) is 4.74 Å². The van der Waals surface area contributed by atoms with Crippen molar-refractivity contribution in [2.45, 2.75) is 25.3 Å². The van der Waals surface area contributed by atoms with Gasteiger partial charge in [0.1, 0.15) is 5.41 Å². The van der Waals surface area contributed by atoms with E-state index in [1.165, 1.54) is 21.2 Å². The predicted molar refractivity (Wildman–Crippen MR) is 137 cm³/mol. The zero-order chi connectivity index (χ0) is 26.6. The summed E-state index contributed by atoms with van der Waals surface area (Å²) in [6, 6.07) is 7.91. The molecular formula is C26H29BrN4O6. The van der Waals surface area contributed by atoms with Crippen molar-refractivity contribution < 1.29 is 24.2 Å². The number of halogens is 1. The molecular weight excluding hydrogens is 544 g/mol. The molecule has 1 aromatic carbocycles. The molecule has 0 spiro atoms. The number of imide groups is 2. The number of amides is 4. The third kappa shape index (κ3) is 4.14. The highest BCUT2D eigenvalue weighted by molar-refractivity contribution is 9.10. The molecule has 4 heterocycles. The maximum Gasteiger partial charge on any atom is 0.332 e. The lowest BCUT2D eigenvalue weighted by molar-refractivity contribution is -0.159. The van der Waals surface area contributed by atoms with Gasteiger partial charge in [-0.15, -0.1) is 0 Å². The molecule has 2 fully saturated rings. The van der Waals surface area contributed by atoms with E-state index in [-0.39, 0.29) is 41.9 Å². The molecule has 0 saturated carbocycles. The van der Waals surface area contributed by atoms with E-state index in [0.29, 0.717) is 29.7 Å². The van der Waals surface area contributed by atoms with E-state index in [0.717, 1.165) is 21.9 Å². The van der Waals surface area contributed by atoms with Gasteiger partial charge in [0.2, 0.25) is 11.8 Å². The molecule has 1 aromatic heterocycles. The number of ether oxygens (including phenoxy) is 1. The Morgan fingerprint density at radius 2 is 1.76 bits per heavy atom. The van der Waals surface area contributed by atoms with E-state index in [9.17, 15) is 24.3 Å². The predicted octanol–water partition coefficient (Wildman–Crippen LogP) is 2.02. The normalized spacial score (nSPS) is 23.3. The Kier molecular flexibility index (Phi) is 6.39. The summed E-state index contributed by atoms with van der Waals surface area (Å²) in [4.78, 5) is 56.7. The fourth-order valence-electron chi connectivity index (χ4n) is 6.21. The van der Waals surface area contributed by atoms with Crippen LogP contribution in [-0.4, -0.2) is 83.1 Å². The van der Waals surface area contributed by atoms with Gasteiger partial charge in [0.25, 0.3) is 5.56 Å². The average Bonchev–Trinajstić information content (AvgIpc) is 2.88. The zero-order valence-corrected chi connectivity index (χ0v) is 22.5. The van der Waals surface area contributed by atoms with Crippen LogP contribution >= 0.6 is 15.9 Å². The molecule has 2 bridgehead atoms. The molecule has 11 heteroatoms. The van der Waals surface area contributed by atoms with E-state index < -0.39 is 23.3 Å². The van der Waals surface area contributed by atoms with Crippen LogP contribution in [0.5, 0.6) is 11.5 Å². The topological polar surface area (TPSA) is 112 Å². The first-order chi connectivity index (χ1) is 17.6. The summed E-state index contributed by atoms with van der Waals surface area (Å²) in [5.41, 5.74) is 0.0122. The number of benzene rings is 1. The molecule has 4 amide bonds. The number of barbiturate groups is 1. The Labute approximate surface area is 222 Å². The van der Waals surface area contributed by atoms with Crippen molar-refractivity contribution >= 4 is 33.8 Å². The zero-order valence-electron chi connectivity index (χ0n) is 20.9. The minimum atomic E-state index is -1.55. The first kappa shape index (κ1) is 25.5. The summed E-state index contributed by atoms with van der Waals surface area (Å²) >= 11 is 3.32. The van der Waals surface area contributed by atoms with Crippen LogP contribution in [-0.2, 0) is 22.6 Å². The summed E-state index contributed by atoms with van der Waals surface area (Å²) in [7, 11) is 4.21. The fraction of sp³-hybridized carbons (Fsp3) is 0.462. The minimum Gasteiger partial charge on any atom is -0.503 e. The molecule has 5 rings (SSSR count). The van der Waals surface area contributed by atoms with Crippen molar-refractivity contribution in [3.63, 3.8) is 0 Å². The number of nitrogens with zero attached hydrogens (tertiary/aromatic N) is 4. The summed E-state index contributed by atoms with van der Waals surface area (Å²) in [6.45, 7) is 1.94. The lowest BCUT2D eigenvalue weighted by Crippen LogP contribution is -2.67. The van der Waals surface area contributed by atoms with Crippen LogP contribution in [0, 0.1) is 11.3 Å². The number of fused-ring (bicyclic) bond motifs is 4. The summed E-state index contributed by atoms with van der Waals surface area (Å²) in [5, 5.41) is 10.3. The SMILES string of the molecule is COc1cc(CC2(CN3C[C@@H]4C[C@H](C3)c3cccc(=O)n3C4)C(=O)N(C)C(=O)N(C)C2=O)cc(Br)c1O. The van der Waals surface area contributed by atoms with E-state index in [1.54, 1.807) is 24.3 Å². The second-order valence-corrected chi connectivity index (χ2v) is 11.1. The smallest absolute Gasteiger partial charge is 0.332 e. The van der Waals surface area contributed by atoms with Crippen LogP contribution in [0.3, 0.4) is 0 Å². The molecule has 0 unspecified atom stereocenters. The number of piperidine rings is 1. The highest BCUT2D eigenvalue weighted by atomic mass is 79.9. The molecule has 3 aliphatic heterocycles. The molecule has 1 N–H and O–H groups in total. The number of hydrogen-bond donors (Lipinski definition) is 1. The van der Waals surface area contributed by atoms with Crippen LogP contribution < -0.4 is 10.3 Å². The molecule has 0 aliphatic carbocycles. The maximum absolute atomic E-state index is 13.8. The molecule has 3 aliphatic rings. The van der Waals surface area contributed by atoms with Gasteiger partial charge in [-0.25, -0.2) is 4.79 Å². The standard InChI is InChI=1S/C26H29BrN4O6/c1-28-23(34)26(24(35)29(2)25(28)36,10-15-8-18(27)22(33)20(9-15)37-3)14-30-11-16-7-17(13-30)19-5-4-6-21(32)31(19)12-16/h4-6,8-9,16-17,33H,7,10-14H2,1-3H3/t16-,17+/m0/s1. The van der Waals surface area contributed by atoms with Gasteiger partial charge in [0.05, 0.1) is 11.6 Å². The Balaban J connectivity index is 1.53. The molecule has 2 aromatic rings. The second-order valence-electron chi connectivity index (χ2n) is 10.3. The summed E-state index contributed by atoms with van der Waals surface area (Å²) in [5.74, 6) is -0.678. The van der Waals surface area contributed by atoms with Crippen molar-refractivity contribution in [2.24, 2.45) is 11.3 Å². The van der Waals surface area contributed by atoms with Gasteiger partial charge in [0, 0.05) is 58.0 Å². The number of carbonyl (C=O) groups excluding carboxylic acids is 3. The Bertz CT molecular complexity index is 1330. The number of methoxy groups -OCH3 is 1. The number of urea groups is 1. The maximum atomic E-state index is 13.8. The Morgan fingerprint density at radius 1 is 1.05 bits per heavy atom. The number of rotatable bonds is 5. The lowest BCUT2D eigenvalue weighted by atomic mass is 9.75. The number of aromatic hydroxyl groups is 1. The number of likely N-dealkylation sites (tertiary alicyclic amines) is 1. The highest BCUT2D eigenvalue weighted by Crippen LogP contribution is 2.41. The van der Waals surface area contributed by atoms with Crippen molar-refractivity contribution in [3.05, 3.63) is 56.4 Å². The fourth-order valence-corrected chi connectivity index (χ4v) is 6.70. The van der Waals surface area contributed by atoms with Gasteiger partial charge in [-0.3, -0.25) is 24.2 Å². The van der Waals surface area contributed by atoms with Gasteiger partial charge < -0.3 is 19.3 Å². The Morgan fingerprint density at radius 3 is 2.43 bits per heavy atom. The van der Waals surface area contributed by atoms with Crippen molar-refractivity contribution in [1.82, 2.24) is 19.3 Å². The first-order valence-electron chi connectivity index (χ1n) is 12.1. The van der Waals surface area contributed by atoms with Crippen LogP contribution in [0.1, 0.15) is 23.6 Å². The van der Waals surface area contributed by atoms with Gasteiger partial charge in [0.15, 0.2) is 11.5 Å². The molecule has 2 atom stereocenters. The van der Waals surface area contributed by atoms with E-state index in [1.807, 2.05) is 10.6 Å². The summed E-state index contributed by atoms with van der Waals surface area (Å²) < 4.78 is 7.49. The van der Waals surface area contributed by atoms with Crippen LogP contribution in [0.15, 0.2) is 39.6 Å². The van der Waals surface area contributed by atoms with Crippen LogP contribution in [0.4, 0.5) is 4.79 Å². The number of aromatic nitrogens is 1. The van der Waals surface area contributed by atoms with Crippen molar-refractivity contribution in [3.8, 4) is 11.5 Å². The van der Waals surface area contributed by atoms with Crippen LogP contribution in [0.2, 0.25) is 0 Å². The Hall–Kier alpha value is -3.18. The summed E-state index contributed by atoms with van der Waals surface area (Å²) in [6.07, 6.45) is 0.957. The number of carbonyl (C=O) groups is 3. The third-order valence-electron chi connectivity index (χ3n) is 7.86. The van der Waals surface area contributed by atoms with E-state index >= 15 is 0 Å². The van der Waals surface area contributed by atoms with Crippen molar-refractivity contribution in [1.29, 1.82) is 0 Å². The molecule has 196 valence electrons. The number of hydrogen-bond acceptors (Lipinski definition) is 7. The monoisotopic (exact) mass is 572 g/mol. The molecule has 0 radical (unpaired) electrons. The first-order valence-corrected chi connectivity index (χ1v) is 12.9. The van der Waals surface area contributed by atoms with E-state index in [2.05, 4.69) is 20.8 Å². The second kappa shape index (κ2) is 9.29. The molecule has 2 saturated heterocycles. The average molecular weight is 573 g/mol.